The van der Waals surface area contributed by atoms with E-state index in [0.29, 0.717) is 12.2 Å². The third kappa shape index (κ3) is 2.64. The van der Waals surface area contributed by atoms with Crippen molar-refractivity contribution < 1.29 is 9.13 Å². The predicted molar refractivity (Wildman–Crippen MR) is 91.2 cm³/mol. The number of ether oxygens (including phenoxy) is 1. The average molecular weight is 407 g/mol. The molecule has 112 valence electrons. The quantitative estimate of drug-likeness (QED) is 0.545. The molecule has 1 unspecified atom stereocenters. The molecule has 0 bridgehead atoms. The summed E-state index contributed by atoms with van der Waals surface area (Å²) in [6, 6.07) is 14.4. The number of fused-ring (bicyclic) bond motifs is 1. The van der Waals surface area contributed by atoms with Crippen molar-refractivity contribution in [2.75, 3.05) is 4.43 Å². The third-order valence-electron chi connectivity index (χ3n) is 4.12. The minimum absolute atomic E-state index is 0.245. The van der Waals surface area contributed by atoms with Crippen molar-refractivity contribution in [3.05, 3.63) is 70.5 Å². The van der Waals surface area contributed by atoms with E-state index in [4.69, 9.17) is 10.00 Å². The summed E-state index contributed by atoms with van der Waals surface area (Å²) in [5.74, 6) is -0.245. The summed E-state index contributed by atoms with van der Waals surface area (Å²) in [7, 11) is 0. The fraction of sp³-hybridized carbons (Fsp3) is 0.278. The van der Waals surface area contributed by atoms with Gasteiger partial charge in [0.2, 0.25) is 0 Å². The number of halogens is 2. The van der Waals surface area contributed by atoms with Crippen LogP contribution in [0.1, 0.15) is 35.1 Å². The second-order valence-corrected chi connectivity index (χ2v) is 6.48. The molecule has 0 radical (unpaired) electrons. The lowest BCUT2D eigenvalue weighted by Gasteiger charge is -2.30. The van der Waals surface area contributed by atoms with Crippen molar-refractivity contribution in [1.29, 1.82) is 5.26 Å². The molecule has 0 aliphatic carbocycles. The first kappa shape index (κ1) is 15.4. The Morgan fingerprint density at radius 2 is 2.00 bits per heavy atom. The summed E-state index contributed by atoms with van der Waals surface area (Å²) in [5, 5.41) is 9.05. The Balaban J connectivity index is 2.10. The highest BCUT2D eigenvalue weighted by Gasteiger charge is 2.41. The van der Waals surface area contributed by atoms with E-state index in [-0.39, 0.29) is 5.82 Å². The van der Waals surface area contributed by atoms with Crippen LogP contribution < -0.4 is 0 Å². The first-order valence-corrected chi connectivity index (χ1v) is 8.71. The number of hydrogen-bond acceptors (Lipinski definition) is 2. The second kappa shape index (κ2) is 6.35. The summed E-state index contributed by atoms with van der Waals surface area (Å²) < 4.78 is 20.5. The lowest BCUT2D eigenvalue weighted by molar-refractivity contribution is -0.0118. The van der Waals surface area contributed by atoms with Gasteiger partial charge in [0.25, 0.3) is 0 Å². The molecule has 4 heteroatoms. The van der Waals surface area contributed by atoms with Gasteiger partial charge in [0.15, 0.2) is 0 Å². The monoisotopic (exact) mass is 407 g/mol. The van der Waals surface area contributed by atoms with Crippen molar-refractivity contribution in [1.82, 2.24) is 0 Å². The minimum Gasteiger partial charge on any atom is -0.361 e. The number of hydrogen-bond donors (Lipinski definition) is 0. The van der Waals surface area contributed by atoms with E-state index in [0.717, 1.165) is 34.0 Å². The van der Waals surface area contributed by atoms with Gasteiger partial charge in [-0.1, -0.05) is 40.8 Å². The summed E-state index contributed by atoms with van der Waals surface area (Å²) in [6.45, 7) is 0.490. The number of nitrogens with zero attached hydrogens (tertiary/aromatic N) is 1. The van der Waals surface area contributed by atoms with Crippen LogP contribution in [0.5, 0.6) is 0 Å². The van der Waals surface area contributed by atoms with Gasteiger partial charge in [-0.3, -0.25) is 0 Å². The van der Waals surface area contributed by atoms with E-state index in [1.807, 2.05) is 18.2 Å². The van der Waals surface area contributed by atoms with Crippen LogP contribution >= 0.6 is 22.6 Å². The van der Waals surface area contributed by atoms with Gasteiger partial charge in [0, 0.05) is 0 Å². The zero-order valence-corrected chi connectivity index (χ0v) is 14.1. The lowest BCUT2D eigenvalue weighted by atomic mass is 9.82. The van der Waals surface area contributed by atoms with Crippen molar-refractivity contribution in [2.24, 2.45) is 0 Å². The van der Waals surface area contributed by atoms with E-state index < -0.39 is 5.60 Å². The molecule has 0 N–H and O–H groups in total. The SMILES string of the molecule is N#Cc1ccc2c(c1)COC2(CCCI)c1ccc(F)cc1. The van der Waals surface area contributed by atoms with Crippen LogP contribution in [0, 0.1) is 17.1 Å². The maximum atomic E-state index is 13.3. The predicted octanol–water partition coefficient (Wildman–Crippen LogP) is 4.69. The molecule has 2 nitrogen and oxygen atoms in total. The highest BCUT2D eigenvalue weighted by atomic mass is 127. The molecule has 1 aliphatic heterocycles. The molecule has 1 aliphatic rings. The van der Waals surface area contributed by atoms with Crippen molar-refractivity contribution in [2.45, 2.75) is 25.0 Å². The van der Waals surface area contributed by atoms with Crippen LogP contribution in [0.25, 0.3) is 0 Å². The molecule has 0 amide bonds. The largest absolute Gasteiger partial charge is 0.361 e. The zero-order valence-electron chi connectivity index (χ0n) is 12.0. The van der Waals surface area contributed by atoms with Crippen molar-refractivity contribution in [3.63, 3.8) is 0 Å². The molecule has 0 fully saturated rings. The van der Waals surface area contributed by atoms with Crippen LogP contribution in [0.2, 0.25) is 0 Å². The maximum absolute atomic E-state index is 13.3. The Labute approximate surface area is 143 Å². The van der Waals surface area contributed by atoms with E-state index in [1.54, 1.807) is 12.1 Å². The van der Waals surface area contributed by atoms with Gasteiger partial charge in [-0.2, -0.15) is 5.26 Å². The van der Waals surface area contributed by atoms with Crippen LogP contribution in [-0.2, 0) is 16.9 Å². The zero-order chi connectivity index (χ0) is 15.6. The van der Waals surface area contributed by atoms with Gasteiger partial charge >= 0.3 is 0 Å². The van der Waals surface area contributed by atoms with Crippen molar-refractivity contribution in [3.8, 4) is 6.07 Å². The van der Waals surface area contributed by atoms with E-state index >= 15 is 0 Å². The Morgan fingerprint density at radius 3 is 2.68 bits per heavy atom. The lowest BCUT2D eigenvalue weighted by Crippen LogP contribution is -2.27. The first-order chi connectivity index (χ1) is 10.7. The second-order valence-electron chi connectivity index (χ2n) is 5.40. The Bertz CT molecular complexity index is 723. The molecule has 1 atom stereocenters. The summed E-state index contributed by atoms with van der Waals surface area (Å²) >= 11 is 2.36. The molecule has 0 saturated carbocycles. The summed E-state index contributed by atoms with van der Waals surface area (Å²) in [6.07, 6.45) is 1.86. The molecule has 0 spiro atoms. The van der Waals surface area contributed by atoms with Crippen LogP contribution in [0.4, 0.5) is 4.39 Å². The minimum atomic E-state index is -0.526. The first-order valence-electron chi connectivity index (χ1n) is 7.19. The number of benzene rings is 2. The third-order valence-corrected chi connectivity index (χ3v) is 4.88. The van der Waals surface area contributed by atoms with Gasteiger partial charge in [-0.05, 0) is 58.2 Å². The van der Waals surface area contributed by atoms with E-state index in [2.05, 4.69) is 28.7 Å². The van der Waals surface area contributed by atoms with Gasteiger partial charge in [0.05, 0.1) is 18.2 Å². The Kier molecular flexibility index (Phi) is 4.46. The van der Waals surface area contributed by atoms with E-state index in [1.165, 1.54) is 12.1 Å². The average Bonchev–Trinajstić information content (AvgIpc) is 2.92. The van der Waals surface area contributed by atoms with Gasteiger partial charge in [-0.15, -0.1) is 0 Å². The highest BCUT2D eigenvalue weighted by molar-refractivity contribution is 14.1. The fourth-order valence-corrected chi connectivity index (χ4v) is 3.46. The standard InChI is InChI=1S/C18H15FINO/c19-16-5-3-15(4-6-16)18(8-1-9-20)17-7-2-13(11-21)10-14(17)12-22-18/h2-7,10H,1,8-9,12H2. The number of alkyl halides is 1. The van der Waals surface area contributed by atoms with Gasteiger partial charge < -0.3 is 4.74 Å². The molecular formula is C18H15FINO. The summed E-state index contributed by atoms with van der Waals surface area (Å²) in [5.41, 5.74) is 3.25. The fourth-order valence-electron chi connectivity index (χ4n) is 3.08. The Hall–Kier alpha value is -1.45. The normalized spacial score (nSPS) is 19.7. The number of nitriles is 1. The summed E-state index contributed by atoms with van der Waals surface area (Å²) in [4.78, 5) is 0. The molecule has 22 heavy (non-hydrogen) atoms. The van der Waals surface area contributed by atoms with Gasteiger partial charge in [0.1, 0.15) is 11.4 Å². The molecule has 2 aromatic rings. The van der Waals surface area contributed by atoms with Gasteiger partial charge in [-0.25, -0.2) is 4.39 Å². The van der Waals surface area contributed by atoms with Crippen molar-refractivity contribution >= 4 is 22.6 Å². The Morgan fingerprint density at radius 1 is 1.23 bits per heavy atom. The molecule has 2 aromatic carbocycles. The van der Waals surface area contributed by atoms with Crippen LogP contribution in [-0.4, -0.2) is 4.43 Å². The molecular weight excluding hydrogens is 392 g/mol. The number of rotatable bonds is 4. The molecule has 0 aromatic heterocycles. The van der Waals surface area contributed by atoms with E-state index in [9.17, 15) is 4.39 Å². The smallest absolute Gasteiger partial charge is 0.123 e. The van der Waals surface area contributed by atoms with Crippen LogP contribution in [0.15, 0.2) is 42.5 Å². The molecule has 3 rings (SSSR count). The highest BCUT2D eigenvalue weighted by Crippen LogP contribution is 2.45. The van der Waals surface area contributed by atoms with Crippen LogP contribution in [0.3, 0.4) is 0 Å². The molecule has 0 saturated heterocycles. The maximum Gasteiger partial charge on any atom is 0.123 e. The topological polar surface area (TPSA) is 33.0 Å². The molecule has 1 heterocycles.